The molecule has 1 fully saturated rings. The predicted molar refractivity (Wildman–Crippen MR) is 57.2 cm³/mol. The molecule has 0 aromatic rings. The Balaban J connectivity index is 2.33. The van der Waals surface area contributed by atoms with Crippen molar-refractivity contribution in [3.8, 4) is 0 Å². The van der Waals surface area contributed by atoms with Crippen molar-refractivity contribution in [1.82, 2.24) is 0 Å². The monoisotopic (exact) mass is 216 g/mol. The summed E-state index contributed by atoms with van der Waals surface area (Å²) in [5.74, 6) is -0.461. The van der Waals surface area contributed by atoms with Crippen molar-refractivity contribution >= 4 is 17.6 Å². The zero-order chi connectivity index (χ0) is 10.4. The quantitative estimate of drug-likeness (QED) is 0.523. The largest absolute Gasteiger partial charge is 0.458 e. The summed E-state index contributed by atoms with van der Waals surface area (Å²) in [4.78, 5) is 11.2. The van der Waals surface area contributed by atoms with Crippen LogP contribution in [0, 0.1) is 0 Å². The minimum Gasteiger partial charge on any atom is -0.458 e. The summed E-state index contributed by atoms with van der Waals surface area (Å²) in [6.45, 7) is 3.35. The molecule has 0 bridgehead atoms. The van der Waals surface area contributed by atoms with Crippen LogP contribution in [0.5, 0.6) is 0 Å². The third kappa shape index (κ3) is 4.14. The zero-order valence-electron chi connectivity index (χ0n) is 8.43. The van der Waals surface area contributed by atoms with E-state index in [9.17, 15) is 4.79 Å². The second-order valence-electron chi connectivity index (χ2n) is 3.78. The zero-order valence-corrected chi connectivity index (χ0v) is 9.18. The smallest absolute Gasteiger partial charge is 0.349 e. The van der Waals surface area contributed by atoms with Gasteiger partial charge in [-0.05, 0) is 25.7 Å². The molecule has 2 nitrogen and oxygen atoms in total. The average Bonchev–Trinajstić information content (AvgIpc) is 2.08. The minimum absolute atomic E-state index is 0.0212. The van der Waals surface area contributed by atoms with Crippen LogP contribution in [-0.2, 0) is 9.53 Å². The van der Waals surface area contributed by atoms with Crippen LogP contribution in [0.25, 0.3) is 0 Å². The van der Waals surface area contributed by atoms with Crippen molar-refractivity contribution in [3.05, 3.63) is 11.6 Å². The molecule has 3 heteroatoms. The Hall–Kier alpha value is -0.500. The molecule has 0 radical (unpaired) electrons. The maximum absolute atomic E-state index is 11.2. The SMILES string of the molecule is C=C(Cl)C(=O)OC1CCCCCCC1. The Morgan fingerprint density at radius 1 is 1.14 bits per heavy atom. The second-order valence-corrected chi connectivity index (χ2v) is 4.23. The van der Waals surface area contributed by atoms with Gasteiger partial charge in [-0.15, -0.1) is 0 Å². The lowest BCUT2D eigenvalue weighted by Gasteiger charge is -2.19. The number of carbonyl (C=O) groups is 1. The number of rotatable bonds is 2. The Morgan fingerprint density at radius 2 is 1.64 bits per heavy atom. The van der Waals surface area contributed by atoms with E-state index in [4.69, 9.17) is 16.3 Å². The van der Waals surface area contributed by atoms with Gasteiger partial charge in [0.2, 0.25) is 0 Å². The molecule has 0 aliphatic heterocycles. The molecule has 0 N–H and O–H groups in total. The second kappa shape index (κ2) is 6.07. The average molecular weight is 217 g/mol. The highest BCUT2D eigenvalue weighted by Crippen LogP contribution is 2.20. The summed E-state index contributed by atoms with van der Waals surface area (Å²) in [6.07, 6.45) is 8.08. The Labute approximate surface area is 90.3 Å². The topological polar surface area (TPSA) is 26.3 Å². The fourth-order valence-corrected chi connectivity index (χ4v) is 1.80. The third-order valence-corrected chi connectivity index (χ3v) is 2.70. The molecule has 1 aliphatic carbocycles. The van der Waals surface area contributed by atoms with E-state index in [1.54, 1.807) is 0 Å². The molecule has 0 aromatic heterocycles. The standard InChI is InChI=1S/C11H17ClO2/c1-9(12)11(13)14-10-7-5-3-2-4-6-8-10/h10H,1-8H2. The summed E-state index contributed by atoms with van der Waals surface area (Å²) in [7, 11) is 0. The molecule has 14 heavy (non-hydrogen) atoms. The molecule has 0 unspecified atom stereocenters. The van der Waals surface area contributed by atoms with Crippen molar-refractivity contribution in [3.63, 3.8) is 0 Å². The van der Waals surface area contributed by atoms with Gasteiger partial charge in [-0.2, -0.15) is 0 Å². The normalized spacial score (nSPS) is 19.5. The first kappa shape index (κ1) is 11.6. The van der Waals surface area contributed by atoms with Crippen molar-refractivity contribution < 1.29 is 9.53 Å². The maximum atomic E-state index is 11.2. The molecular weight excluding hydrogens is 200 g/mol. The number of hydrogen-bond donors (Lipinski definition) is 0. The van der Waals surface area contributed by atoms with Gasteiger partial charge in [-0.1, -0.05) is 37.4 Å². The summed E-state index contributed by atoms with van der Waals surface area (Å²) in [5, 5.41) is -0.0212. The lowest BCUT2D eigenvalue weighted by molar-refractivity contribution is -0.144. The van der Waals surface area contributed by atoms with Gasteiger partial charge in [0.25, 0.3) is 0 Å². The molecule has 1 aliphatic rings. The van der Waals surface area contributed by atoms with E-state index >= 15 is 0 Å². The summed E-state index contributed by atoms with van der Waals surface area (Å²) in [6, 6.07) is 0. The van der Waals surface area contributed by atoms with Crippen LogP contribution in [-0.4, -0.2) is 12.1 Å². The Kier molecular flexibility index (Phi) is 5.02. The van der Waals surface area contributed by atoms with Gasteiger partial charge in [0.05, 0.1) is 0 Å². The Bertz CT molecular complexity index is 205. The Morgan fingerprint density at radius 3 is 2.14 bits per heavy atom. The minimum atomic E-state index is -0.461. The van der Waals surface area contributed by atoms with E-state index < -0.39 is 5.97 Å². The number of ether oxygens (including phenoxy) is 1. The van der Waals surface area contributed by atoms with E-state index in [2.05, 4.69) is 6.58 Å². The van der Waals surface area contributed by atoms with E-state index in [-0.39, 0.29) is 11.1 Å². The number of esters is 1. The first-order valence-corrected chi connectivity index (χ1v) is 5.63. The van der Waals surface area contributed by atoms with Crippen LogP contribution < -0.4 is 0 Å². The first-order chi connectivity index (χ1) is 6.70. The molecule has 0 amide bonds. The molecule has 0 saturated heterocycles. The lowest BCUT2D eigenvalue weighted by Crippen LogP contribution is -2.19. The summed E-state index contributed by atoms with van der Waals surface area (Å²) in [5.41, 5.74) is 0. The van der Waals surface area contributed by atoms with E-state index in [1.807, 2.05) is 0 Å². The predicted octanol–water partition coefficient (Wildman–Crippen LogP) is 3.40. The molecule has 0 heterocycles. The van der Waals surface area contributed by atoms with Crippen molar-refractivity contribution in [1.29, 1.82) is 0 Å². The van der Waals surface area contributed by atoms with Gasteiger partial charge in [0.1, 0.15) is 11.1 Å². The van der Waals surface area contributed by atoms with Crippen LogP contribution in [0.4, 0.5) is 0 Å². The fourth-order valence-electron chi connectivity index (χ4n) is 1.75. The van der Waals surface area contributed by atoms with Crippen LogP contribution in [0.3, 0.4) is 0 Å². The maximum Gasteiger partial charge on any atom is 0.349 e. The third-order valence-electron chi connectivity index (χ3n) is 2.55. The molecule has 1 rings (SSSR count). The van der Waals surface area contributed by atoms with Crippen LogP contribution in [0.2, 0.25) is 0 Å². The highest BCUT2D eigenvalue weighted by molar-refractivity contribution is 6.40. The molecule has 0 spiro atoms. The van der Waals surface area contributed by atoms with Crippen LogP contribution in [0.1, 0.15) is 44.9 Å². The number of carbonyl (C=O) groups excluding carboxylic acids is 1. The highest BCUT2D eigenvalue weighted by atomic mass is 35.5. The van der Waals surface area contributed by atoms with Crippen LogP contribution in [0.15, 0.2) is 11.6 Å². The number of halogens is 1. The molecule has 0 atom stereocenters. The van der Waals surface area contributed by atoms with Gasteiger partial charge in [0, 0.05) is 0 Å². The molecule has 0 aromatic carbocycles. The van der Waals surface area contributed by atoms with Gasteiger partial charge in [0.15, 0.2) is 0 Å². The highest BCUT2D eigenvalue weighted by Gasteiger charge is 2.16. The van der Waals surface area contributed by atoms with Crippen molar-refractivity contribution in [2.45, 2.75) is 51.0 Å². The first-order valence-electron chi connectivity index (χ1n) is 5.25. The molecule has 1 saturated carbocycles. The fraction of sp³-hybridized carbons (Fsp3) is 0.727. The van der Waals surface area contributed by atoms with Gasteiger partial charge in [-0.25, -0.2) is 4.79 Å². The molecular formula is C11H17ClO2. The van der Waals surface area contributed by atoms with E-state index in [0.29, 0.717) is 0 Å². The van der Waals surface area contributed by atoms with Gasteiger partial charge < -0.3 is 4.74 Å². The van der Waals surface area contributed by atoms with Gasteiger partial charge in [-0.3, -0.25) is 0 Å². The number of hydrogen-bond acceptors (Lipinski definition) is 2. The van der Waals surface area contributed by atoms with Crippen molar-refractivity contribution in [2.24, 2.45) is 0 Å². The summed E-state index contributed by atoms with van der Waals surface area (Å²) < 4.78 is 5.22. The van der Waals surface area contributed by atoms with E-state index in [0.717, 1.165) is 25.7 Å². The van der Waals surface area contributed by atoms with Crippen molar-refractivity contribution in [2.75, 3.05) is 0 Å². The lowest BCUT2D eigenvalue weighted by atomic mass is 9.99. The van der Waals surface area contributed by atoms with Gasteiger partial charge >= 0.3 is 5.97 Å². The van der Waals surface area contributed by atoms with E-state index in [1.165, 1.54) is 19.3 Å². The summed E-state index contributed by atoms with van der Waals surface area (Å²) >= 11 is 5.45. The molecule has 80 valence electrons. The van der Waals surface area contributed by atoms with Crippen LogP contribution >= 0.6 is 11.6 Å².